The monoisotopic (exact) mass is 426 g/mol. The lowest BCUT2D eigenvalue weighted by Crippen LogP contribution is -2.07. The Morgan fingerprint density at radius 1 is 1.04 bits per heavy atom. The Labute approximate surface area is 150 Å². The molecule has 0 saturated carbocycles. The molecule has 0 spiro atoms. The third-order valence-corrected chi connectivity index (χ3v) is 4.89. The first-order valence-electron chi connectivity index (χ1n) is 5.87. The Bertz CT molecular complexity index is 734. The van der Waals surface area contributed by atoms with Gasteiger partial charge in [-0.3, -0.25) is 4.57 Å². The predicted molar refractivity (Wildman–Crippen MR) is 82.3 cm³/mol. The number of halogens is 8. The minimum Gasteiger partial charge on any atom is -0.290 e. The second kappa shape index (κ2) is 6.89. The molecule has 1 aromatic heterocycles. The average Bonchev–Trinajstić information content (AvgIpc) is 2.77. The second-order valence-corrected chi connectivity index (χ2v) is 6.93. The summed E-state index contributed by atoms with van der Waals surface area (Å²) in [5.41, 5.74) is -5.69. The van der Waals surface area contributed by atoms with Crippen molar-refractivity contribution in [2.24, 2.45) is 0 Å². The Balaban J connectivity index is 2.57. The molecule has 132 valence electrons. The van der Waals surface area contributed by atoms with Gasteiger partial charge in [-0.15, -0.1) is 11.8 Å². The van der Waals surface area contributed by atoms with E-state index in [0.29, 0.717) is 12.1 Å². The minimum absolute atomic E-state index is 0.0564. The van der Waals surface area contributed by atoms with Crippen molar-refractivity contribution in [3.05, 3.63) is 34.1 Å². The topological polar surface area (TPSA) is 17.8 Å². The number of imidazole rings is 1. The molecule has 0 aliphatic rings. The first kappa shape index (κ1) is 19.6. The summed E-state index contributed by atoms with van der Waals surface area (Å²) in [6, 6.07) is 1.31. The zero-order valence-corrected chi connectivity index (χ0v) is 14.6. The highest BCUT2D eigenvalue weighted by atomic mass is 35.5. The molecule has 2 rings (SSSR count). The summed E-state index contributed by atoms with van der Waals surface area (Å²) in [6.07, 6.45) is -2.12. The zero-order chi connectivity index (χ0) is 18.3. The SMILES string of the molecule is CSc1c(SC(F)(F)F)ncn1-c1c(Cl)cc(C(F)(F)F)cc1Cl. The number of rotatable bonds is 3. The van der Waals surface area contributed by atoms with Crippen molar-refractivity contribution < 1.29 is 26.3 Å². The lowest BCUT2D eigenvalue weighted by molar-refractivity contribution is -0.137. The van der Waals surface area contributed by atoms with Crippen molar-refractivity contribution in [1.82, 2.24) is 9.55 Å². The van der Waals surface area contributed by atoms with Crippen LogP contribution in [0.1, 0.15) is 5.56 Å². The summed E-state index contributed by atoms with van der Waals surface area (Å²) in [6.45, 7) is 0. The third kappa shape index (κ3) is 4.27. The van der Waals surface area contributed by atoms with E-state index >= 15 is 0 Å². The number of hydrogen-bond donors (Lipinski definition) is 0. The van der Waals surface area contributed by atoms with Crippen LogP contribution in [0.5, 0.6) is 0 Å². The van der Waals surface area contributed by atoms with Crippen LogP contribution in [0.3, 0.4) is 0 Å². The number of aromatic nitrogens is 2. The molecule has 0 bridgehead atoms. The Kier molecular flexibility index (Phi) is 5.63. The van der Waals surface area contributed by atoms with Gasteiger partial charge < -0.3 is 0 Å². The zero-order valence-electron chi connectivity index (χ0n) is 11.5. The minimum atomic E-state index is -4.65. The van der Waals surface area contributed by atoms with E-state index in [2.05, 4.69) is 4.98 Å². The molecule has 0 unspecified atom stereocenters. The molecule has 0 atom stereocenters. The standard InChI is InChI=1S/C12H6Cl2F6N2S2/c1-23-10-9(24-12(18,19)20)21-4-22(10)8-6(13)2-5(3-7(8)14)11(15,16)17/h2-4H,1H3. The van der Waals surface area contributed by atoms with Crippen LogP contribution >= 0.6 is 46.7 Å². The van der Waals surface area contributed by atoms with Crippen LogP contribution in [0.15, 0.2) is 28.5 Å². The highest BCUT2D eigenvalue weighted by molar-refractivity contribution is 8.02. The molecule has 12 heteroatoms. The van der Waals surface area contributed by atoms with Gasteiger partial charge in [-0.1, -0.05) is 23.2 Å². The molecular formula is C12H6Cl2F6N2S2. The maximum atomic E-state index is 12.7. The second-order valence-electron chi connectivity index (χ2n) is 4.26. The number of nitrogens with zero attached hydrogens (tertiary/aromatic N) is 2. The quantitative estimate of drug-likeness (QED) is 0.410. The van der Waals surface area contributed by atoms with E-state index in [0.717, 1.165) is 22.7 Å². The number of alkyl halides is 6. The summed E-state index contributed by atoms with van der Waals surface area (Å²) in [5, 5.41) is -1.000. The van der Waals surface area contributed by atoms with Crippen LogP contribution < -0.4 is 0 Å². The first-order chi connectivity index (χ1) is 10.9. The van der Waals surface area contributed by atoms with Crippen LogP contribution in [-0.4, -0.2) is 21.3 Å². The molecule has 0 aliphatic heterocycles. The van der Waals surface area contributed by atoms with Crippen molar-refractivity contribution >= 4 is 46.7 Å². The molecule has 2 nitrogen and oxygen atoms in total. The lowest BCUT2D eigenvalue weighted by Gasteiger charge is -2.14. The van der Waals surface area contributed by atoms with Crippen LogP contribution in [0, 0.1) is 0 Å². The summed E-state index contributed by atoms with van der Waals surface area (Å²) in [5.74, 6) is 0. The van der Waals surface area contributed by atoms with E-state index in [4.69, 9.17) is 23.2 Å². The van der Waals surface area contributed by atoms with Crippen molar-refractivity contribution in [2.45, 2.75) is 21.7 Å². The molecule has 0 radical (unpaired) electrons. The van der Waals surface area contributed by atoms with E-state index in [-0.39, 0.29) is 25.8 Å². The van der Waals surface area contributed by atoms with E-state index in [1.807, 2.05) is 0 Å². The van der Waals surface area contributed by atoms with Crippen LogP contribution in [-0.2, 0) is 6.18 Å². The van der Waals surface area contributed by atoms with E-state index < -0.39 is 29.0 Å². The van der Waals surface area contributed by atoms with E-state index in [1.165, 1.54) is 6.26 Å². The summed E-state index contributed by atoms with van der Waals surface area (Å²) < 4.78 is 77.0. The first-order valence-corrected chi connectivity index (χ1v) is 8.67. The van der Waals surface area contributed by atoms with E-state index in [9.17, 15) is 26.3 Å². The molecule has 0 N–H and O–H groups in total. The summed E-state index contributed by atoms with van der Waals surface area (Å²) >= 11 is 12.2. The molecule has 0 aliphatic carbocycles. The fourth-order valence-corrected chi connectivity index (χ4v) is 3.92. The van der Waals surface area contributed by atoms with Gasteiger partial charge in [-0.25, -0.2) is 4.98 Å². The predicted octanol–water partition coefficient (Wildman–Crippen LogP) is 6.53. The van der Waals surface area contributed by atoms with Crippen LogP contribution in [0.25, 0.3) is 5.69 Å². The number of hydrogen-bond acceptors (Lipinski definition) is 3. The molecule has 0 fully saturated rings. The molecule has 0 saturated heterocycles. The fourth-order valence-electron chi connectivity index (χ4n) is 1.80. The number of thioether (sulfide) groups is 2. The molecule has 1 aromatic carbocycles. The van der Waals surface area contributed by atoms with Gasteiger partial charge in [0.2, 0.25) is 0 Å². The Morgan fingerprint density at radius 3 is 2.00 bits per heavy atom. The Morgan fingerprint density at radius 2 is 1.58 bits per heavy atom. The Hall–Kier alpha value is -0.710. The van der Waals surface area contributed by atoms with E-state index in [1.54, 1.807) is 0 Å². The smallest absolute Gasteiger partial charge is 0.290 e. The number of benzene rings is 1. The molecule has 0 amide bonds. The van der Waals surface area contributed by atoms with Gasteiger partial charge in [-0.05, 0) is 18.4 Å². The van der Waals surface area contributed by atoms with Crippen LogP contribution in [0.4, 0.5) is 26.3 Å². The van der Waals surface area contributed by atoms with Gasteiger partial charge >= 0.3 is 11.7 Å². The maximum absolute atomic E-state index is 12.7. The average molecular weight is 427 g/mol. The van der Waals surface area contributed by atoms with Crippen molar-refractivity contribution in [3.63, 3.8) is 0 Å². The fraction of sp³-hybridized carbons (Fsp3) is 0.250. The van der Waals surface area contributed by atoms with Gasteiger partial charge in [0.1, 0.15) is 16.4 Å². The molecule has 24 heavy (non-hydrogen) atoms. The van der Waals surface area contributed by atoms with Crippen molar-refractivity contribution in [3.8, 4) is 5.69 Å². The maximum Gasteiger partial charge on any atom is 0.447 e. The van der Waals surface area contributed by atoms with Crippen molar-refractivity contribution in [2.75, 3.05) is 6.26 Å². The molecular weight excluding hydrogens is 421 g/mol. The molecule has 1 heterocycles. The van der Waals surface area contributed by atoms with Gasteiger partial charge in [0.15, 0.2) is 0 Å². The van der Waals surface area contributed by atoms with Gasteiger partial charge in [0, 0.05) is 11.8 Å². The van der Waals surface area contributed by atoms with Crippen molar-refractivity contribution in [1.29, 1.82) is 0 Å². The van der Waals surface area contributed by atoms with Gasteiger partial charge in [0.05, 0.1) is 21.3 Å². The summed E-state index contributed by atoms with van der Waals surface area (Å²) in [7, 11) is 0. The highest BCUT2D eigenvalue weighted by Crippen LogP contribution is 2.43. The lowest BCUT2D eigenvalue weighted by atomic mass is 10.2. The third-order valence-electron chi connectivity index (χ3n) is 2.68. The van der Waals surface area contributed by atoms with Gasteiger partial charge in [-0.2, -0.15) is 26.3 Å². The summed E-state index contributed by atoms with van der Waals surface area (Å²) in [4.78, 5) is 3.65. The highest BCUT2D eigenvalue weighted by Gasteiger charge is 2.34. The largest absolute Gasteiger partial charge is 0.447 e. The van der Waals surface area contributed by atoms with Gasteiger partial charge in [0.25, 0.3) is 0 Å². The normalized spacial score (nSPS) is 12.7. The van der Waals surface area contributed by atoms with Crippen LogP contribution in [0.2, 0.25) is 10.0 Å². The molecule has 2 aromatic rings.